The molecule has 16 heavy (non-hydrogen) atoms. The minimum atomic E-state index is -2.06. The first kappa shape index (κ1) is 12.2. The van der Waals surface area contributed by atoms with Gasteiger partial charge in [0.1, 0.15) is 0 Å². The molecule has 1 rings (SSSR count). The van der Waals surface area contributed by atoms with Gasteiger partial charge in [0.2, 0.25) is 0 Å². The van der Waals surface area contributed by atoms with Gasteiger partial charge in [0.25, 0.3) is 0 Å². The van der Waals surface area contributed by atoms with E-state index in [1.165, 1.54) is 6.08 Å². The SMILES string of the molecule is COC(=O)C1(C(=O)O)CCCC=C1C(=O)O. The van der Waals surface area contributed by atoms with Crippen molar-refractivity contribution in [2.45, 2.75) is 19.3 Å². The summed E-state index contributed by atoms with van der Waals surface area (Å²) in [4.78, 5) is 33.7. The van der Waals surface area contributed by atoms with Crippen LogP contribution in [0.4, 0.5) is 0 Å². The Morgan fingerprint density at radius 3 is 2.44 bits per heavy atom. The fourth-order valence-corrected chi connectivity index (χ4v) is 1.89. The normalized spacial score (nSPS) is 24.4. The number of carbonyl (C=O) groups is 3. The fraction of sp³-hybridized carbons (Fsp3) is 0.500. The number of carboxylic acids is 2. The Bertz CT molecular complexity index is 370. The Morgan fingerprint density at radius 2 is 2.00 bits per heavy atom. The zero-order chi connectivity index (χ0) is 12.3. The summed E-state index contributed by atoms with van der Waals surface area (Å²) in [6.45, 7) is 0. The van der Waals surface area contributed by atoms with Gasteiger partial charge >= 0.3 is 17.9 Å². The molecule has 0 heterocycles. The second-order valence-electron chi connectivity index (χ2n) is 3.52. The summed E-state index contributed by atoms with van der Waals surface area (Å²) in [5.41, 5.74) is -2.46. The molecule has 0 aromatic rings. The first-order valence-electron chi connectivity index (χ1n) is 4.72. The summed E-state index contributed by atoms with van der Waals surface area (Å²) in [5, 5.41) is 18.0. The Kier molecular flexibility index (Phi) is 3.31. The van der Waals surface area contributed by atoms with E-state index in [9.17, 15) is 14.4 Å². The highest BCUT2D eigenvalue weighted by molar-refractivity contribution is 6.10. The number of hydrogen-bond acceptors (Lipinski definition) is 4. The highest BCUT2D eigenvalue weighted by atomic mass is 16.5. The lowest BCUT2D eigenvalue weighted by Gasteiger charge is -2.29. The average molecular weight is 228 g/mol. The number of carboxylic acid groups (broad SMARTS) is 2. The molecule has 0 aromatic carbocycles. The van der Waals surface area contributed by atoms with Crippen molar-refractivity contribution in [1.29, 1.82) is 0 Å². The van der Waals surface area contributed by atoms with Crippen LogP contribution in [0.3, 0.4) is 0 Å². The summed E-state index contributed by atoms with van der Waals surface area (Å²) >= 11 is 0. The lowest BCUT2D eigenvalue weighted by atomic mass is 9.72. The number of aliphatic carboxylic acids is 2. The molecule has 0 spiro atoms. The van der Waals surface area contributed by atoms with E-state index < -0.39 is 28.9 Å². The first-order valence-corrected chi connectivity index (χ1v) is 4.72. The van der Waals surface area contributed by atoms with E-state index in [0.717, 1.165) is 7.11 Å². The number of methoxy groups -OCH3 is 1. The smallest absolute Gasteiger partial charge is 0.333 e. The maximum absolute atomic E-state index is 11.5. The van der Waals surface area contributed by atoms with Crippen LogP contribution >= 0.6 is 0 Å². The molecule has 6 nitrogen and oxygen atoms in total. The van der Waals surface area contributed by atoms with Crippen LogP contribution in [0.5, 0.6) is 0 Å². The van der Waals surface area contributed by atoms with Gasteiger partial charge in [-0.05, 0) is 19.3 Å². The van der Waals surface area contributed by atoms with Gasteiger partial charge in [-0.3, -0.25) is 9.59 Å². The first-order chi connectivity index (χ1) is 7.46. The van der Waals surface area contributed by atoms with Gasteiger partial charge in [-0.2, -0.15) is 0 Å². The average Bonchev–Trinajstić information content (AvgIpc) is 2.27. The van der Waals surface area contributed by atoms with Crippen molar-refractivity contribution < 1.29 is 29.3 Å². The van der Waals surface area contributed by atoms with Crippen molar-refractivity contribution in [1.82, 2.24) is 0 Å². The van der Waals surface area contributed by atoms with Crippen LogP contribution in [-0.2, 0) is 19.1 Å². The van der Waals surface area contributed by atoms with E-state index in [4.69, 9.17) is 10.2 Å². The van der Waals surface area contributed by atoms with E-state index in [1.54, 1.807) is 0 Å². The maximum Gasteiger partial charge on any atom is 0.333 e. The van der Waals surface area contributed by atoms with Gasteiger partial charge in [0.05, 0.1) is 12.7 Å². The molecule has 0 bridgehead atoms. The highest BCUT2D eigenvalue weighted by Crippen LogP contribution is 2.39. The number of allylic oxidation sites excluding steroid dienone is 1. The Hall–Kier alpha value is -1.85. The van der Waals surface area contributed by atoms with Crippen LogP contribution in [0.15, 0.2) is 11.6 Å². The largest absolute Gasteiger partial charge is 0.480 e. The van der Waals surface area contributed by atoms with E-state index in [2.05, 4.69) is 4.74 Å². The summed E-state index contributed by atoms with van der Waals surface area (Å²) in [6, 6.07) is 0. The zero-order valence-electron chi connectivity index (χ0n) is 8.73. The van der Waals surface area contributed by atoms with Gasteiger partial charge < -0.3 is 14.9 Å². The quantitative estimate of drug-likeness (QED) is 0.536. The number of esters is 1. The molecule has 0 aromatic heterocycles. The molecule has 0 fully saturated rings. The van der Waals surface area contributed by atoms with Crippen LogP contribution < -0.4 is 0 Å². The second kappa shape index (κ2) is 4.34. The summed E-state index contributed by atoms with van der Waals surface area (Å²) in [7, 11) is 1.04. The molecule has 1 atom stereocenters. The van der Waals surface area contributed by atoms with Gasteiger partial charge in [0, 0.05) is 0 Å². The zero-order valence-corrected chi connectivity index (χ0v) is 8.73. The molecule has 0 aliphatic heterocycles. The summed E-state index contributed by atoms with van der Waals surface area (Å²) in [6.07, 6.45) is 2.12. The summed E-state index contributed by atoms with van der Waals surface area (Å²) in [5.74, 6) is -3.91. The Labute approximate surface area is 91.5 Å². The van der Waals surface area contributed by atoms with E-state index in [-0.39, 0.29) is 6.42 Å². The van der Waals surface area contributed by atoms with Gasteiger partial charge in [-0.15, -0.1) is 0 Å². The van der Waals surface area contributed by atoms with Crippen LogP contribution in [0.1, 0.15) is 19.3 Å². The van der Waals surface area contributed by atoms with Crippen LogP contribution in [0.25, 0.3) is 0 Å². The number of ether oxygens (including phenoxy) is 1. The molecular weight excluding hydrogens is 216 g/mol. The third kappa shape index (κ3) is 1.66. The minimum Gasteiger partial charge on any atom is -0.480 e. The topological polar surface area (TPSA) is 101 Å². The molecule has 0 saturated heterocycles. The molecule has 6 heteroatoms. The predicted octanol–water partition coefficient (Wildman–Crippen LogP) is 0.425. The molecule has 2 N–H and O–H groups in total. The molecule has 0 amide bonds. The van der Waals surface area contributed by atoms with Crippen LogP contribution in [-0.4, -0.2) is 35.2 Å². The number of carbonyl (C=O) groups excluding carboxylic acids is 1. The lowest BCUT2D eigenvalue weighted by molar-refractivity contribution is -0.167. The minimum absolute atomic E-state index is 0.0485. The van der Waals surface area contributed by atoms with Crippen molar-refractivity contribution in [2.75, 3.05) is 7.11 Å². The van der Waals surface area contributed by atoms with Crippen molar-refractivity contribution >= 4 is 17.9 Å². The van der Waals surface area contributed by atoms with E-state index in [1.807, 2.05) is 0 Å². The molecular formula is C10H12O6. The summed E-state index contributed by atoms with van der Waals surface area (Å²) < 4.78 is 4.41. The maximum atomic E-state index is 11.5. The fourth-order valence-electron chi connectivity index (χ4n) is 1.89. The highest BCUT2D eigenvalue weighted by Gasteiger charge is 2.53. The van der Waals surface area contributed by atoms with Crippen LogP contribution in [0.2, 0.25) is 0 Å². The van der Waals surface area contributed by atoms with Crippen molar-refractivity contribution in [2.24, 2.45) is 5.41 Å². The van der Waals surface area contributed by atoms with Gasteiger partial charge in [-0.25, -0.2) is 4.79 Å². The molecule has 0 radical (unpaired) electrons. The second-order valence-corrected chi connectivity index (χ2v) is 3.52. The Morgan fingerprint density at radius 1 is 1.38 bits per heavy atom. The van der Waals surface area contributed by atoms with E-state index >= 15 is 0 Å². The van der Waals surface area contributed by atoms with Crippen molar-refractivity contribution in [3.8, 4) is 0 Å². The van der Waals surface area contributed by atoms with Crippen molar-refractivity contribution in [3.05, 3.63) is 11.6 Å². The number of rotatable bonds is 3. The molecule has 0 saturated carbocycles. The number of hydrogen-bond donors (Lipinski definition) is 2. The van der Waals surface area contributed by atoms with E-state index in [0.29, 0.717) is 12.8 Å². The third-order valence-electron chi connectivity index (χ3n) is 2.69. The van der Waals surface area contributed by atoms with Crippen molar-refractivity contribution in [3.63, 3.8) is 0 Å². The lowest BCUT2D eigenvalue weighted by Crippen LogP contribution is -2.45. The monoisotopic (exact) mass is 228 g/mol. The molecule has 88 valence electrons. The molecule has 1 aliphatic carbocycles. The third-order valence-corrected chi connectivity index (χ3v) is 2.69. The standard InChI is InChI=1S/C10H12O6/c1-16-9(15)10(8(13)14)5-3-2-4-6(10)7(11)12/h4H,2-3,5H2,1H3,(H,11,12)(H,13,14). The molecule has 1 aliphatic rings. The van der Waals surface area contributed by atoms with Gasteiger partial charge in [0.15, 0.2) is 5.41 Å². The predicted molar refractivity (Wildman–Crippen MR) is 51.7 cm³/mol. The van der Waals surface area contributed by atoms with Gasteiger partial charge in [-0.1, -0.05) is 6.08 Å². The van der Waals surface area contributed by atoms with Crippen LogP contribution in [0, 0.1) is 5.41 Å². The molecule has 1 unspecified atom stereocenters. The Balaban J connectivity index is 3.32.